The van der Waals surface area contributed by atoms with E-state index in [2.05, 4.69) is 67.8 Å². The van der Waals surface area contributed by atoms with E-state index in [1.807, 2.05) is 0 Å². The summed E-state index contributed by atoms with van der Waals surface area (Å²) in [7, 11) is -2.66. The maximum atomic E-state index is 12.6. The van der Waals surface area contributed by atoms with Gasteiger partial charge in [-0.1, -0.05) is 159 Å². The van der Waals surface area contributed by atoms with E-state index in [0.29, 0.717) is 19.4 Å². The lowest BCUT2D eigenvalue weighted by atomic mass is 10.0. The number of rotatable bonds is 40. The summed E-state index contributed by atoms with van der Waals surface area (Å²) in [5, 5.41) is 2.82. The molecule has 314 valence electrons. The van der Waals surface area contributed by atoms with Crippen LogP contribution in [0.25, 0.3) is 0 Å². The van der Waals surface area contributed by atoms with E-state index < -0.39 is 32.5 Å². The number of allylic oxidation sites excluding steroid dienone is 8. The summed E-state index contributed by atoms with van der Waals surface area (Å²) in [6.45, 7) is 4.16. The Morgan fingerprint density at radius 2 is 1.00 bits per heavy atom. The zero-order valence-corrected chi connectivity index (χ0v) is 35.6. The molecule has 2 unspecified atom stereocenters. The number of phosphoric ester groups is 1. The maximum absolute atomic E-state index is 12.6. The first-order chi connectivity index (χ1) is 26.3. The third kappa shape index (κ3) is 39.7. The number of phosphoric acid groups is 1. The lowest BCUT2D eigenvalue weighted by Crippen LogP contribution is -2.29. The molecule has 54 heavy (non-hydrogen) atoms. The summed E-state index contributed by atoms with van der Waals surface area (Å²) in [6, 6.07) is 0. The molecule has 0 fully saturated rings. The molecule has 0 aromatic rings. The second kappa shape index (κ2) is 40.6. The average Bonchev–Trinajstić information content (AvgIpc) is 3.15. The van der Waals surface area contributed by atoms with Gasteiger partial charge in [-0.25, -0.2) is 4.57 Å². The number of carbonyl (C=O) groups excluding carboxylic acids is 2. The molecule has 0 heterocycles. The third-order valence-electron chi connectivity index (χ3n) is 8.95. The number of nitrogens with one attached hydrogen (secondary N) is 1. The summed E-state index contributed by atoms with van der Waals surface area (Å²) in [4.78, 5) is 35.0. The van der Waals surface area contributed by atoms with Crippen LogP contribution in [0.15, 0.2) is 48.6 Å². The van der Waals surface area contributed by atoms with Crippen molar-refractivity contribution in [2.24, 2.45) is 0 Å². The Bertz CT molecular complexity index is 1030. The van der Waals surface area contributed by atoms with Crippen molar-refractivity contribution in [2.75, 3.05) is 33.4 Å². The van der Waals surface area contributed by atoms with Crippen LogP contribution in [-0.4, -0.2) is 56.3 Å². The minimum absolute atomic E-state index is 0.0226. The normalized spacial score (nSPS) is 13.8. The number of hydrogen-bond donors (Lipinski definition) is 2. The molecule has 0 bridgehead atoms. The van der Waals surface area contributed by atoms with Crippen LogP contribution in [0.1, 0.15) is 181 Å². The van der Waals surface area contributed by atoms with Crippen LogP contribution in [0.3, 0.4) is 0 Å². The fourth-order valence-electron chi connectivity index (χ4n) is 5.65. The maximum Gasteiger partial charge on any atom is 0.472 e. The molecule has 0 aromatic heterocycles. The summed E-state index contributed by atoms with van der Waals surface area (Å²) in [5.41, 5.74) is 0. The van der Waals surface area contributed by atoms with E-state index >= 15 is 0 Å². The van der Waals surface area contributed by atoms with E-state index in [0.717, 1.165) is 51.4 Å². The Labute approximate surface area is 330 Å². The molecule has 0 saturated carbocycles. The van der Waals surface area contributed by atoms with Gasteiger partial charge in [-0.15, -0.1) is 0 Å². The highest BCUT2D eigenvalue weighted by atomic mass is 31.2. The van der Waals surface area contributed by atoms with Crippen molar-refractivity contribution in [2.45, 2.75) is 187 Å². The largest absolute Gasteiger partial charge is 0.472 e. The number of unbranched alkanes of at least 4 members (excludes halogenated alkanes) is 18. The van der Waals surface area contributed by atoms with E-state index in [1.54, 1.807) is 7.05 Å². The quantitative estimate of drug-likeness (QED) is 0.0271. The van der Waals surface area contributed by atoms with Crippen LogP contribution in [0, 0.1) is 0 Å². The highest BCUT2D eigenvalue weighted by Gasteiger charge is 2.26. The molecule has 10 heteroatoms. The van der Waals surface area contributed by atoms with Gasteiger partial charge in [0.25, 0.3) is 0 Å². The molecule has 0 aliphatic rings. The fourth-order valence-corrected chi connectivity index (χ4v) is 6.40. The lowest BCUT2D eigenvalue weighted by molar-refractivity contribution is -0.161. The number of hydrogen-bond acceptors (Lipinski definition) is 8. The van der Waals surface area contributed by atoms with Gasteiger partial charge < -0.3 is 19.7 Å². The molecule has 0 aliphatic heterocycles. The Hall–Kier alpha value is -2.03. The number of carbonyl (C=O) groups is 2. The van der Waals surface area contributed by atoms with Crippen molar-refractivity contribution in [1.82, 2.24) is 5.32 Å². The molecule has 0 radical (unpaired) electrons. The third-order valence-corrected chi connectivity index (χ3v) is 9.94. The van der Waals surface area contributed by atoms with Crippen LogP contribution in [0.5, 0.6) is 0 Å². The molecule has 0 rings (SSSR count). The summed E-state index contributed by atoms with van der Waals surface area (Å²) in [5.74, 6) is -0.842. The second-order valence-electron chi connectivity index (χ2n) is 14.2. The number of ether oxygens (including phenoxy) is 2. The molecule has 2 atom stereocenters. The fraction of sp³-hybridized carbons (Fsp3) is 0.773. The Kier molecular flexibility index (Phi) is 39.1. The highest BCUT2D eigenvalue weighted by Crippen LogP contribution is 2.43. The van der Waals surface area contributed by atoms with Crippen LogP contribution in [0.4, 0.5) is 0 Å². The summed E-state index contributed by atoms with van der Waals surface area (Å²) < 4.78 is 33.1. The van der Waals surface area contributed by atoms with Crippen molar-refractivity contribution >= 4 is 19.8 Å². The molecule has 0 amide bonds. The van der Waals surface area contributed by atoms with Gasteiger partial charge in [-0.05, 0) is 64.8 Å². The number of likely N-dealkylation sites (N-methyl/N-ethyl adjacent to an activating group) is 1. The molecular weight excluding hydrogens is 701 g/mol. The monoisotopic (exact) mass is 782 g/mol. The topological polar surface area (TPSA) is 120 Å². The van der Waals surface area contributed by atoms with Crippen molar-refractivity contribution in [3.05, 3.63) is 48.6 Å². The molecule has 0 saturated heterocycles. The zero-order chi connectivity index (χ0) is 39.6. The van der Waals surface area contributed by atoms with Gasteiger partial charge in [0.15, 0.2) is 6.10 Å². The van der Waals surface area contributed by atoms with Crippen molar-refractivity contribution < 1.29 is 37.6 Å². The van der Waals surface area contributed by atoms with Gasteiger partial charge in [-0.2, -0.15) is 0 Å². The summed E-state index contributed by atoms with van der Waals surface area (Å²) >= 11 is 0. The van der Waals surface area contributed by atoms with E-state index in [4.69, 9.17) is 18.5 Å². The van der Waals surface area contributed by atoms with Crippen LogP contribution < -0.4 is 5.32 Å². The van der Waals surface area contributed by atoms with Crippen molar-refractivity contribution in [3.63, 3.8) is 0 Å². The van der Waals surface area contributed by atoms with Crippen LogP contribution in [-0.2, 0) is 32.7 Å². The van der Waals surface area contributed by atoms with E-state index in [-0.39, 0.29) is 26.1 Å². The Morgan fingerprint density at radius 3 is 1.52 bits per heavy atom. The molecular formula is C44H80NO8P. The Morgan fingerprint density at radius 1 is 0.574 bits per heavy atom. The van der Waals surface area contributed by atoms with E-state index in [1.165, 1.54) is 89.9 Å². The minimum Gasteiger partial charge on any atom is -0.462 e. The van der Waals surface area contributed by atoms with Gasteiger partial charge >= 0.3 is 19.8 Å². The number of esters is 2. The van der Waals surface area contributed by atoms with Gasteiger partial charge in [0.05, 0.1) is 13.2 Å². The summed E-state index contributed by atoms with van der Waals surface area (Å²) in [6.07, 6.45) is 44.4. The van der Waals surface area contributed by atoms with Gasteiger partial charge in [0.2, 0.25) is 0 Å². The zero-order valence-electron chi connectivity index (χ0n) is 34.7. The van der Waals surface area contributed by atoms with Crippen LogP contribution in [0.2, 0.25) is 0 Å². The molecule has 0 spiro atoms. The van der Waals surface area contributed by atoms with Gasteiger partial charge in [0, 0.05) is 19.4 Å². The first-order valence-corrected chi connectivity index (χ1v) is 23.1. The lowest BCUT2D eigenvalue weighted by Gasteiger charge is -2.20. The minimum atomic E-state index is -4.35. The molecule has 9 nitrogen and oxygen atoms in total. The Balaban J connectivity index is 4.28. The predicted molar refractivity (Wildman–Crippen MR) is 224 cm³/mol. The highest BCUT2D eigenvalue weighted by molar-refractivity contribution is 7.47. The second-order valence-corrected chi connectivity index (χ2v) is 15.6. The predicted octanol–water partition coefficient (Wildman–Crippen LogP) is 12.2. The molecule has 0 aromatic carbocycles. The first kappa shape index (κ1) is 52.0. The van der Waals surface area contributed by atoms with Crippen molar-refractivity contribution in [3.8, 4) is 0 Å². The SMILES string of the molecule is CCCCC/C=C\C/C=C\C/C=C\C/C=C\CCCCCC(=O)OCC(COP(=O)(O)OCCNC)OC(=O)CCCCCCCCCCCCCCC. The van der Waals surface area contributed by atoms with Gasteiger partial charge in [-0.3, -0.25) is 18.6 Å². The smallest absolute Gasteiger partial charge is 0.462 e. The van der Waals surface area contributed by atoms with Gasteiger partial charge in [0.1, 0.15) is 6.61 Å². The molecule has 0 aliphatic carbocycles. The van der Waals surface area contributed by atoms with Crippen molar-refractivity contribution in [1.29, 1.82) is 0 Å². The standard InChI is InChI=1S/C44H80NO8P/c1-4-6-8-10-12-14-16-18-19-20-21-22-23-25-26-28-30-32-34-36-43(46)50-40-42(41-52-54(48,49)51-39-38-45-3)53-44(47)37-35-33-31-29-27-24-17-15-13-11-9-7-5-2/h12,14,18-19,21-22,25-26,42,45H,4-11,13,15-17,20,23-24,27-41H2,1-3H3,(H,48,49)/b14-12-,19-18-,22-21-,26-25-. The first-order valence-electron chi connectivity index (χ1n) is 21.6. The van der Waals surface area contributed by atoms with E-state index in [9.17, 15) is 19.0 Å². The molecule has 2 N–H and O–H groups in total. The van der Waals surface area contributed by atoms with Crippen LogP contribution >= 0.6 is 7.82 Å². The average molecular weight is 782 g/mol.